The molecule has 3 heterocycles. The Kier molecular flexibility index (Phi) is 2.77. The predicted molar refractivity (Wildman–Crippen MR) is 73.3 cm³/mol. The fourth-order valence-corrected chi connectivity index (χ4v) is 3.56. The van der Waals surface area contributed by atoms with Gasteiger partial charge in [0.2, 0.25) is 11.7 Å². The number of hydrogen-bond donors (Lipinski definition) is 0. The van der Waals surface area contributed by atoms with Crippen molar-refractivity contribution in [2.24, 2.45) is 13.0 Å². The minimum Gasteiger partial charge on any atom is -0.337 e. The molecular weight excluding hydrogens is 270 g/mol. The molecule has 21 heavy (non-hydrogen) atoms. The van der Waals surface area contributed by atoms with Crippen molar-refractivity contribution < 1.29 is 9.59 Å². The normalized spacial score (nSPS) is 28.3. The van der Waals surface area contributed by atoms with Crippen molar-refractivity contribution in [2.45, 2.75) is 37.8 Å². The molecule has 0 radical (unpaired) electrons. The third-order valence-electron chi connectivity index (χ3n) is 4.82. The minimum absolute atomic E-state index is 0.00700. The monoisotopic (exact) mass is 289 g/mol. The van der Waals surface area contributed by atoms with E-state index in [1.54, 1.807) is 11.9 Å². The summed E-state index contributed by atoms with van der Waals surface area (Å²) < 4.78 is 1.53. The largest absolute Gasteiger partial charge is 0.337 e. The summed E-state index contributed by atoms with van der Waals surface area (Å²) in [7, 11) is 1.74. The zero-order valence-corrected chi connectivity index (χ0v) is 12.1. The zero-order chi connectivity index (χ0) is 14.6. The molecule has 2 aliphatic heterocycles. The quantitative estimate of drug-likeness (QED) is 0.787. The molecule has 1 saturated carbocycles. The van der Waals surface area contributed by atoms with Crippen LogP contribution in [0.5, 0.6) is 0 Å². The van der Waals surface area contributed by atoms with Crippen molar-refractivity contribution in [3.05, 3.63) is 12.2 Å². The lowest BCUT2D eigenvalue weighted by Crippen LogP contribution is -2.40. The number of carbonyl (C=O) groups is 2. The molecule has 7 heteroatoms. The molecule has 4 rings (SSSR count). The molecule has 0 aromatic carbocycles. The second-order valence-electron chi connectivity index (χ2n) is 6.36. The van der Waals surface area contributed by atoms with Gasteiger partial charge in [0.15, 0.2) is 0 Å². The lowest BCUT2D eigenvalue weighted by atomic mass is 10.1. The van der Waals surface area contributed by atoms with Crippen LogP contribution in [0.1, 0.15) is 36.3 Å². The molecule has 1 aromatic rings. The van der Waals surface area contributed by atoms with E-state index in [-0.39, 0.29) is 29.7 Å². The van der Waals surface area contributed by atoms with Gasteiger partial charge in [-0.25, -0.2) is 4.98 Å². The van der Waals surface area contributed by atoms with E-state index in [0.29, 0.717) is 18.9 Å². The molecule has 1 aliphatic carbocycles. The minimum atomic E-state index is -0.149. The maximum Gasteiger partial charge on any atom is 0.293 e. The topological polar surface area (TPSA) is 71.3 Å². The van der Waals surface area contributed by atoms with Crippen molar-refractivity contribution in [3.8, 4) is 0 Å². The summed E-state index contributed by atoms with van der Waals surface area (Å²) in [6.45, 7) is 1.57. The third-order valence-corrected chi connectivity index (χ3v) is 4.82. The van der Waals surface area contributed by atoms with Gasteiger partial charge in [-0.2, -0.15) is 0 Å². The highest BCUT2D eigenvalue weighted by molar-refractivity contribution is 5.92. The van der Waals surface area contributed by atoms with E-state index in [1.807, 2.05) is 4.90 Å². The Labute approximate surface area is 122 Å². The molecule has 112 valence electrons. The second kappa shape index (κ2) is 4.54. The SMILES string of the molecule is Cn1cnc(C(=O)N2CC[C@@H]3[C@H]2CC(=O)N3CC2CC2)n1. The number of carbonyl (C=O) groups excluding carboxylic acids is 2. The first kappa shape index (κ1) is 12.8. The predicted octanol–water partition coefficient (Wildman–Crippen LogP) is 0.0405. The Bertz CT molecular complexity index is 594. The van der Waals surface area contributed by atoms with E-state index in [2.05, 4.69) is 10.1 Å². The first-order valence-corrected chi connectivity index (χ1v) is 7.59. The number of rotatable bonds is 3. The van der Waals surface area contributed by atoms with Crippen molar-refractivity contribution in [1.82, 2.24) is 24.6 Å². The van der Waals surface area contributed by atoms with Gasteiger partial charge in [-0.05, 0) is 25.2 Å². The van der Waals surface area contributed by atoms with Gasteiger partial charge in [0.25, 0.3) is 5.91 Å². The summed E-state index contributed by atoms with van der Waals surface area (Å²) in [5.41, 5.74) is 0. The van der Waals surface area contributed by atoms with Crippen molar-refractivity contribution in [2.75, 3.05) is 13.1 Å². The highest BCUT2D eigenvalue weighted by Gasteiger charge is 2.49. The number of aryl methyl sites for hydroxylation is 1. The van der Waals surface area contributed by atoms with Crippen LogP contribution in [-0.4, -0.2) is 61.6 Å². The molecular formula is C14H19N5O2. The second-order valence-corrected chi connectivity index (χ2v) is 6.36. The number of fused-ring (bicyclic) bond motifs is 1. The number of aromatic nitrogens is 3. The molecule has 2 atom stereocenters. The van der Waals surface area contributed by atoms with Crippen molar-refractivity contribution in [3.63, 3.8) is 0 Å². The zero-order valence-electron chi connectivity index (χ0n) is 12.1. The molecule has 0 bridgehead atoms. The van der Waals surface area contributed by atoms with E-state index >= 15 is 0 Å². The van der Waals surface area contributed by atoms with Crippen LogP contribution in [0.3, 0.4) is 0 Å². The van der Waals surface area contributed by atoms with E-state index in [0.717, 1.165) is 13.0 Å². The molecule has 2 amide bonds. The number of nitrogens with zero attached hydrogens (tertiary/aromatic N) is 5. The Morgan fingerprint density at radius 2 is 2.14 bits per heavy atom. The molecule has 7 nitrogen and oxygen atoms in total. The maximum absolute atomic E-state index is 12.5. The van der Waals surface area contributed by atoms with Gasteiger partial charge in [-0.15, -0.1) is 5.10 Å². The summed E-state index contributed by atoms with van der Waals surface area (Å²) in [5.74, 6) is 0.966. The smallest absolute Gasteiger partial charge is 0.293 e. The first-order chi connectivity index (χ1) is 10.1. The highest BCUT2D eigenvalue weighted by Crippen LogP contribution is 2.37. The Morgan fingerprint density at radius 3 is 2.81 bits per heavy atom. The molecule has 0 N–H and O–H groups in total. The average Bonchev–Trinajstić information content (AvgIpc) is 2.89. The molecule has 2 saturated heterocycles. The van der Waals surface area contributed by atoms with Gasteiger partial charge in [0.1, 0.15) is 6.33 Å². The standard InChI is InChI=1S/C14H19N5O2/c1-17-8-15-13(16-17)14(21)18-5-4-10-11(18)6-12(20)19(10)7-9-2-3-9/h8-11H,2-7H2,1H3/t10-,11-/m1/s1. The first-order valence-electron chi connectivity index (χ1n) is 7.59. The fraction of sp³-hybridized carbons (Fsp3) is 0.714. The number of hydrogen-bond acceptors (Lipinski definition) is 4. The molecule has 0 unspecified atom stereocenters. The Balaban J connectivity index is 1.51. The van der Waals surface area contributed by atoms with Crippen LogP contribution in [0.4, 0.5) is 0 Å². The van der Waals surface area contributed by atoms with Crippen LogP contribution >= 0.6 is 0 Å². The van der Waals surface area contributed by atoms with Gasteiger partial charge in [-0.3, -0.25) is 14.3 Å². The highest BCUT2D eigenvalue weighted by atomic mass is 16.2. The van der Waals surface area contributed by atoms with Crippen LogP contribution in [0, 0.1) is 5.92 Å². The summed E-state index contributed by atoms with van der Waals surface area (Å²) in [6, 6.07) is 0.207. The Morgan fingerprint density at radius 1 is 1.33 bits per heavy atom. The summed E-state index contributed by atoms with van der Waals surface area (Å²) in [6.07, 6.45) is 5.33. The summed E-state index contributed by atoms with van der Waals surface area (Å²) in [5, 5.41) is 4.08. The van der Waals surface area contributed by atoms with Crippen LogP contribution < -0.4 is 0 Å². The van der Waals surface area contributed by atoms with Gasteiger partial charge >= 0.3 is 0 Å². The summed E-state index contributed by atoms with van der Waals surface area (Å²) in [4.78, 5) is 32.6. The van der Waals surface area contributed by atoms with E-state index < -0.39 is 0 Å². The van der Waals surface area contributed by atoms with E-state index in [1.165, 1.54) is 23.9 Å². The molecule has 0 spiro atoms. The lowest BCUT2D eigenvalue weighted by molar-refractivity contribution is -0.129. The average molecular weight is 289 g/mol. The van der Waals surface area contributed by atoms with Crippen LogP contribution in [-0.2, 0) is 11.8 Å². The van der Waals surface area contributed by atoms with Crippen molar-refractivity contribution >= 4 is 11.8 Å². The van der Waals surface area contributed by atoms with Gasteiger partial charge in [0.05, 0.1) is 12.1 Å². The number of likely N-dealkylation sites (tertiary alicyclic amines) is 2. The third kappa shape index (κ3) is 2.11. The molecule has 1 aromatic heterocycles. The van der Waals surface area contributed by atoms with Crippen LogP contribution in [0.2, 0.25) is 0 Å². The lowest BCUT2D eigenvalue weighted by Gasteiger charge is -2.24. The van der Waals surface area contributed by atoms with Gasteiger partial charge in [0, 0.05) is 26.6 Å². The Hall–Kier alpha value is -1.92. The van der Waals surface area contributed by atoms with Crippen LogP contribution in [0.25, 0.3) is 0 Å². The van der Waals surface area contributed by atoms with Gasteiger partial charge < -0.3 is 9.80 Å². The van der Waals surface area contributed by atoms with Crippen molar-refractivity contribution in [1.29, 1.82) is 0 Å². The van der Waals surface area contributed by atoms with Gasteiger partial charge in [-0.1, -0.05) is 0 Å². The maximum atomic E-state index is 12.5. The van der Waals surface area contributed by atoms with E-state index in [9.17, 15) is 9.59 Å². The molecule has 3 fully saturated rings. The van der Waals surface area contributed by atoms with E-state index in [4.69, 9.17) is 0 Å². The number of amides is 2. The summed E-state index contributed by atoms with van der Waals surface area (Å²) >= 11 is 0. The molecule has 3 aliphatic rings. The fourth-order valence-electron chi connectivity index (χ4n) is 3.56. The van der Waals surface area contributed by atoms with Crippen LogP contribution in [0.15, 0.2) is 6.33 Å².